The normalized spacial score (nSPS) is 10.4. The highest BCUT2D eigenvalue weighted by atomic mass is 16.1. The van der Waals surface area contributed by atoms with Crippen LogP contribution in [0, 0.1) is 6.92 Å². The van der Waals surface area contributed by atoms with Crippen LogP contribution in [0.4, 0.5) is 5.69 Å². The number of carbonyl (C=O) groups excluding carboxylic acids is 1. The molecule has 0 bridgehead atoms. The third-order valence-corrected chi connectivity index (χ3v) is 3.26. The summed E-state index contributed by atoms with van der Waals surface area (Å²) in [7, 11) is 0. The zero-order valence-corrected chi connectivity index (χ0v) is 11.4. The number of aryl methyl sites for hydroxylation is 2. The minimum Gasteiger partial charge on any atom is -0.399 e. The number of anilines is 1. The Bertz CT molecular complexity index is 602. The second kappa shape index (κ2) is 5.70. The molecule has 0 heterocycles. The summed E-state index contributed by atoms with van der Waals surface area (Å²) in [5, 5.41) is 0. The molecule has 2 aromatic carbocycles. The maximum atomic E-state index is 12.4. The van der Waals surface area contributed by atoms with Crippen LogP contribution in [-0.4, -0.2) is 5.78 Å². The molecule has 0 aliphatic heterocycles. The Balaban J connectivity index is 2.32. The van der Waals surface area contributed by atoms with E-state index in [1.165, 1.54) is 5.56 Å². The molecule has 0 spiro atoms. The van der Waals surface area contributed by atoms with Crippen LogP contribution in [0.5, 0.6) is 0 Å². The van der Waals surface area contributed by atoms with Gasteiger partial charge in [-0.25, -0.2) is 0 Å². The van der Waals surface area contributed by atoms with Crippen molar-refractivity contribution in [2.75, 3.05) is 5.73 Å². The van der Waals surface area contributed by atoms with Gasteiger partial charge < -0.3 is 5.73 Å². The molecule has 2 N–H and O–H groups in total. The first-order valence-corrected chi connectivity index (χ1v) is 6.61. The number of hydrogen-bond acceptors (Lipinski definition) is 2. The van der Waals surface area contributed by atoms with Gasteiger partial charge in [0, 0.05) is 16.8 Å². The maximum Gasteiger partial charge on any atom is 0.193 e. The molecule has 0 radical (unpaired) electrons. The van der Waals surface area contributed by atoms with E-state index in [0.717, 1.165) is 29.7 Å². The lowest BCUT2D eigenvalue weighted by molar-refractivity contribution is 0.103. The second-order valence-electron chi connectivity index (χ2n) is 4.85. The maximum absolute atomic E-state index is 12.4. The number of nitrogens with two attached hydrogens (primary N) is 1. The van der Waals surface area contributed by atoms with Crippen LogP contribution in [0.1, 0.15) is 40.4 Å². The Hall–Kier alpha value is -2.09. The molecule has 0 saturated carbocycles. The summed E-state index contributed by atoms with van der Waals surface area (Å²) in [6, 6.07) is 13.3. The van der Waals surface area contributed by atoms with Gasteiger partial charge >= 0.3 is 0 Å². The highest BCUT2D eigenvalue weighted by Gasteiger charge is 2.10. The van der Waals surface area contributed by atoms with Crippen molar-refractivity contribution in [3.8, 4) is 0 Å². The number of benzene rings is 2. The molecule has 2 nitrogen and oxygen atoms in total. The average molecular weight is 253 g/mol. The van der Waals surface area contributed by atoms with Gasteiger partial charge in [-0.15, -0.1) is 0 Å². The van der Waals surface area contributed by atoms with Gasteiger partial charge in [0.1, 0.15) is 0 Å². The van der Waals surface area contributed by atoms with Crippen molar-refractivity contribution < 1.29 is 4.79 Å². The molecule has 0 aliphatic rings. The molecule has 98 valence electrons. The summed E-state index contributed by atoms with van der Waals surface area (Å²) in [5.41, 5.74) is 10.1. The Morgan fingerprint density at radius 2 is 1.84 bits per heavy atom. The van der Waals surface area contributed by atoms with Crippen LogP contribution in [-0.2, 0) is 6.42 Å². The minimum absolute atomic E-state index is 0.0565. The molecule has 0 fully saturated rings. The van der Waals surface area contributed by atoms with Crippen molar-refractivity contribution in [1.29, 1.82) is 0 Å². The first-order chi connectivity index (χ1) is 9.11. The molecule has 0 unspecified atom stereocenters. The van der Waals surface area contributed by atoms with E-state index in [0.29, 0.717) is 5.56 Å². The Morgan fingerprint density at radius 3 is 2.53 bits per heavy atom. The van der Waals surface area contributed by atoms with E-state index in [-0.39, 0.29) is 5.78 Å². The van der Waals surface area contributed by atoms with Gasteiger partial charge in [0.15, 0.2) is 5.78 Å². The molecule has 0 saturated heterocycles. The average Bonchev–Trinajstić information content (AvgIpc) is 2.42. The topological polar surface area (TPSA) is 43.1 Å². The van der Waals surface area contributed by atoms with Crippen molar-refractivity contribution in [3.05, 3.63) is 64.7 Å². The van der Waals surface area contributed by atoms with Crippen LogP contribution in [0.15, 0.2) is 42.5 Å². The predicted octanol–water partition coefficient (Wildman–Crippen LogP) is 3.76. The molecule has 2 rings (SSSR count). The van der Waals surface area contributed by atoms with Gasteiger partial charge in [0.2, 0.25) is 0 Å². The van der Waals surface area contributed by atoms with Crippen molar-refractivity contribution >= 4 is 11.5 Å². The minimum atomic E-state index is 0.0565. The summed E-state index contributed by atoms with van der Waals surface area (Å²) in [6.07, 6.45) is 2.08. The van der Waals surface area contributed by atoms with E-state index < -0.39 is 0 Å². The molecule has 0 aliphatic carbocycles. The molecule has 0 amide bonds. The van der Waals surface area contributed by atoms with Gasteiger partial charge in [-0.2, -0.15) is 0 Å². The highest BCUT2D eigenvalue weighted by molar-refractivity contribution is 6.09. The van der Waals surface area contributed by atoms with Crippen LogP contribution >= 0.6 is 0 Å². The number of ketones is 1. The van der Waals surface area contributed by atoms with Crippen molar-refractivity contribution in [3.63, 3.8) is 0 Å². The fourth-order valence-corrected chi connectivity index (χ4v) is 2.14. The number of nitrogen functional groups attached to an aromatic ring is 1. The standard InChI is InChI=1S/C17H19NO/c1-3-5-13-6-4-7-14(11-13)17(19)15-8-9-16(18)12(2)10-15/h4,6-11H,3,5,18H2,1-2H3. The zero-order valence-electron chi connectivity index (χ0n) is 11.4. The van der Waals surface area contributed by atoms with Gasteiger partial charge in [-0.1, -0.05) is 31.5 Å². The van der Waals surface area contributed by atoms with Crippen LogP contribution in [0.3, 0.4) is 0 Å². The van der Waals surface area contributed by atoms with Crippen molar-refractivity contribution in [1.82, 2.24) is 0 Å². The smallest absolute Gasteiger partial charge is 0.193 e. The lowest BCUT2D eigenvalue weighted by Gasteiger charge is -2.06. The van der Waals surface area contributed by atoms with E-state index in [9.17, 15) is 4.79 Å². The van der Waals surface area contributed by atoms with Gasteiger partial charge in [0.05, 0.1) is 0 Å². The Kier molecular flexibility index (Phi) is 4.00. The number of carbonyl (C=O) groups is 1. The van der Waals surface area contributed by atoms with Crippen LogP contribution in [0.2, 0.25) is 0 Å². The predicted molar refractivity (Wildman–Crippen MR) is 79.5 cm³/mol. The van der Waals surface area contributed by atoms with Gasteiger partial charge in [0.25, 0.3) is 0 Å². The molecule has 19 heavy (non-hydrogen) atoms. The molecule has 2 aromatic rings. The molecule has 0 atom stereocenters. The van der Waals surface area contributed by atoms with E-state index in [1.807, 2.05) is 31.2 Å². The third-order valence-electron chi connectivity index (χ3n) is 3.26. The molecule has 2 heteroatoms. The second-order valence-corrected chi connectivity index (χ2v) is 4.85. The van der Waals surface area contributed by atoms with Gasteiger partial charge in [-0.3, -0.25) is 4.79 Å². The van der Waals surface area contributed by atoms with Crippen LogP contribution < -0.4 is 5.73 Å². The summed E-state index contributed by atoms with van der Waals surface area (Å²) in [5.74, 6) is 0.0565. The summed E-state index contributed by atoms with van der Waals surface area (Å²) in [6.45, 7) is 4.05. The first-order valence-electron chi connectivity index (χ1n) is 6.61. The lowest BCUT2D eigenvalue weighted by Crippen LogP contribution is -2.03. The van der Waals surface area contributed by atoms with Gasteiger partial charge in [-0.05, 0) is 48.7 Å². The number of hydrogen-bond donors (Lipinski definition) is 1. The number of rotatable bonds is 4. The fourth-order valence-electron chi connectivity index (χ4n) is 2.14. The van der Waals surface area contributed by atoms with Crippen molar-refractivity contribution in [2.24, 2.45) is 0 Å². The quantitative estimate of drug-likeness (QED) is 0.666. The van der Waals surface area contributed by atoms with E-state index >= 15 is 0 Å². The van der Waals surface area contributed by atoms with E-state index in [1.54, 1.807) is 12.1 Å². The molecular weight excluding hydrogens is 234 g/mol. The van der Waals surface area contributed by atoms with Crippen LogP contribution in [0.25, 0.3) is 0 Å². The third kappa shape index (κ3) is 3.02. The first kappa shape index (κ1) is 13.3. The summed E-state index contributed by atoms with van der Waals surface area (Å²) < 4.78 is 0. The largest absolute Gasteiger partial charge is 0.399 e. The monoisotopic (exact) mass is 253 g/mol. The highest BCUT2D eigenvalue weighted by Crippen LogP contribution is 2.17. The molecular formula is C17H19NO. The molecule has 0 aromatic heterocycles. The zero-order chi connectivity index (χ0) is 13.8. The lowest BCUT2D eigenvalue weighted by atomic mass is 9.98. The van der Waals surface area contributed by atoms with Crippen molar-refractivity contribution in [2.45, 2.75) is 26.7 Å². The van der Waals surface area contributed by atoms with E-state index in [4.69, 9.17) is 5.73 Å². The summed E-state index contributed by atoms with van der Waals surface area (Å²) in [4.78, 5) is 12.4. The summed E-state index contributed by atoms with van der Waals surface area (Å²) >= 11 is 0. The Labute approximate surface area is 114 Å². The SMILES string of the molecule is CCCc1cccc(C(=O)c2ccc(N)c(C)c2)c1. The Morgan fingerprint density at radius 1 is 1.11 bits per heavy atom. The fraction of sp³-hybridized carbons (Fsp3) is 0.235. The van der Waals surface area contributed by atoms with E-state index in [2.05, 4.69) is 13.0 Å².